The molecular weight excluding hydrogens is 292 g/mol. The third kappa shape index (κ3) is 5.54. The minimum Gasteiger partial charge on any atom is -0.489 e. The van der Waals surface area contributed by atoms with Crippen LogP contribution in [0.1, 0.15) is 75.8 Å². The van der Waals surface area contributed by atoms with Crippen LogP contribution in [0.5, 0.6) is 5.75 Å². The summed E-state index contributed by atoms with van der Waals surface area (Å²) in [7, 11) is 0. The Hall–Kier alpha value is -1.50. The molecule has 1 aromatic carbocycles. The van der Waals surface area contributed by atoms with Crippen LogP contribution in [-0.2, 0) is 6.42 Å². The average molecular weight is 327 g/mol. The number of ether oxygens (including phenoxy) is 1. The summed E-state index contributed by atoms with van der Waals surface area (Å²) < 4.78 is 5.83. The van der Waals surface area contributed by atoms with Crippen LogP contribution < -0.4 is 4.74 Å². The first-order valence-electron chi connectivity index (χ1n) is 9.79. The van der Waals surface area contributed by atoms with Gasteiger partial charge in [0.2, 0.25) is 0 Å². The first-order valence-corrected chi connectivity index (χ1v) is 9.79. The van der Waals surface area contributed by atoms with E-state index >= 15 is 0 Å². The maximum atomic E-state index is 5.83. The molecule has 0 unspecified atom stereocenters. The van der Waals surface area contributed by atoms with Crippen molar-refractivity contribution in [3.8, 4) is 5.75 Å². The lowest BCUT2D eigenvalue weighted by Gasteiger charge is -2.28. The SMILES string of the molecule is C=CCOc1ccc(C2CCC(CC=CCC)CC2)cc1CCC. The van der Waals surface area contributed by atoms with Crippen LogP contribution in [0, 0.1) is 5.92 Å². The molecule has 0 N–H and O–H groups in total. The van der Waals surface area contributed by atoms with Crippen LogP contribution in [-0.4, -0.2) is 6.61 Å². The van der Waals surface area contributed by atoms with Crippen molar-refractivity contribution < 1.29 is 4.74 Å². The van der Waals surface area contributed by atoms with Crippen molar-refractivity contribution in [2.45, 2.75) is 71.1 Å². The maximum absolute atomic E-state index is 5.83. The molecule has 1 fully saturated rings. The highest BCUT2D eigenvalue weighted by Gasteiger charge is 2.22. The van der Waals surface area contributed by atoms with E-state index in [0.717, 1.165) is 36.8 Å². The fraction of sp³-hybridized carbons (Fsp3) is 0.565. The molecule has 0 atom stereocenters. The smallest absolute Gasteiger partial charge is 0.122 e. The fourth-order valence-corrected chi connectivity index (χ4v) is 3.79. The summed E-state index contributed by atoms with van der Waals surface area (Å²) in [6.45, 7) is 8.78. The zero-order valence-electron chi connectivity index (χ0n) is 15.6. The summed E-state index contributed by atoms with van der Waals surface area (Å²) in [5.41, 5.74) is 2.89. The predicted molar refractivity (Wildman–Crippen MR) is 105 cm³/mol. The number of hydrogen-bond acceptors (Lipinski definition) is 1. The molecule has 1 heteroatoms. The van der Waals surface area contributed by atoms with E-state index in [2.05, 4.69) is 50.8 Å². The Morgan fingerprint density at radius 1 is 1.12 bits per heavy atom. The molecule has 1 nitrogen and oxygen atoms in total. The number of hydrogen-bond donors (Lipinski definition) is 0. The molecule has 0 heterocycles. The molecule has 0 saturated heterocycles. The van der Waals surface area contributed by atoms with E-state index in [1.54, 1.807) is 0 Å². The average Bonchev–Trinajstić information content (AvgIpc) is 2.62. The van der Waals surface area contributed by atoms with E-state index in [-0.39, 0.29) is 0 Å². The predicted octanol–water partition coefficient (Wildman–Crippen LogP) is 6.83. The number of benzene rings is 1. The zero-order chi connectivity index (χ0) is 17.2. The van der Waals surface area contributed by atoms with Gasteiger partial charge in [-0.25, -0.2) is 0 Å². The summed E-state index contributed by atoms with van der Waals surface area (Å²) in [6.07, 6.45) is 16.6. The van der Waals surface area contributed by atoms with Crippen molar-refractivity contribution in [3.63, 3.8) is 0 Å². The molecular formula is C23H34O. The highest BCUT2D eigenvalue weighted by atomic mass is 16.5. The van der Waals surface area contributed by atoms with Gasteiger partial charge in [-0.3, -0.25) is 0 Å². The third-order valence-electron chi connectivity index (χ3n) is 5.15. The summed E-state index contributed by atoms with van der Waals surface area (Å²) in [5.74, 6) is 2.67. The molecule has 0 aromatic heterocycles. The monoisotopic (exact) mass is 326 g/mol. The van der Waals surface area contributed by atoms with Gasteiger partial charge in [0.25, 0.3) is 0 Å². The van der Waals surface area contributed by atoms with Crippen molar-refractivity contribution in [1.82, 2.24) is 0 Å². The molecule has 132 valence electrons. The van der Waals surface area contributed by atoms with E-state index in [9.17, 15) is 0 Å². The largest absolute Gasteiger partial charge is 0.489 e. The van der Waals surface area contributed by atoms with Crippen molar-refractivity contribution >= 4 is 0 Å². The van der Waals surface area contributed by atoms with Gasteiger partial charge in [0.05, 0.1) is 0 Å². The van der Waals surface area contributed by atoms with E-state index in [4.69, 9.17) is 4.74 Å². The maximum Gasteiger partial charge on any atom is 0.122 e. The van der Waals surface area contributed by atoms with Crippen LogP contribution in [0.4, 0.5) is 0 Å². The second kappa shape index (κ2) is 10.4. The Morgan fingerprint density at radius 3 is 2.58 bits per heavy atom. The van der Waals surface area contributed by atoms with Crippen LogP contribution in [0.15, 0.2) is 43.0 Å². The third-order valence-corrected chi connectivity index (χ3v) is 5.15. The first kappa shape index (κ1) is 18.8. The van der Waals surface area contributed by atoms with Crippen molar-refractivity contribution in [2.75, 3.05) is 6.61 Å². The van der Waals surface area contributed by atoms with Crippen LogP contribution in [0.25, 0.3) is 0 Å². The molecule has 1 saturated carbocycles. The van der Waals surface area contributed by atoms with E-state index in [1.165, 1.54) is 43.2 Å². The quantitative estimate of drug-likeness (QED) is 0.452. The summed E-state index contributed by atoms with van der Waals surface area (Å²) in [5, 5.41) is 0. The standard InChI is InChI=1S/C23H34O/c1-4-7-8-10-19-11-13-20(14-12-19)21-15-16-23(24-17-6-3)22(18-21)9-5-2/h6-8,15-16,18-20H,3-5,9-14,17H2,1-2H3. The molecule has 0 aliphatic heterocycles. The fourth-order valence-electron chi connectivity index (χ4n) is 3.79. The van der Waals surface area contributed by atoms with Gasteiger partial charge in [-0.15, -0.1) is 0 Å². The molecule has 0 radical (unpaired) electrons. The molecule has 1 aliphatic carbocycles. The molecule has 2 rings (SSSR count). The van der Waals surface area contributed by atoms with Crippen LogP contribution in [0.2, 0.25) is 0 Å². The van der Waals surface area contributed by atoms with E-state index < -0.39 is 0 Å². The van der Waals surface area contributed by atoms with Gasteiger partial charge in [0.1, 0.15) is 12.4 Å². The Morgan fingerprint density at radius 2 is 1.92 bits per heavy atom. The van der Waals surface area contributed by atoms with Crippen molar-refractivity contribution in [1.29, 1.82) is 0 Å². The first-order chi connectivity index (χ1) is 11.8. The number of allylic oxidation sites excluding steroid dienone is 2. The van der Waals surface area contributed by atoms with Crippen LogP contribution in [0.3, 0.4) is 0 Å². The summed E-state index contributed by atoms with van der Waals surface area (Å²) >= 11 is 0. The van der Waals surface area contributed by atoms with Gasteiger partial charge in [-0.05, 0) is 74.0 Å². The van der Waals surface area contributed by atoms with Gasteiger partial charge < -0.3 is 4.74 Å². The Labute approximate surface area is 148 Å². The van der Waals surface area contributed by atoms with E-state index in [1.807, 2.05) is 6.08 Å². The Bertz CT molecular complexity index is 521. The Balaban J connectivity index is 1.98. The summed E-state index contributed by atoms with van der Waals surface area (Å²) in [6, 6.07) is 6.88. The second-order valence-corrected chi connectivity index (χ2v) is 7.05. The van der Waals surface area contributed by atoms with E-state index in [0.29, 0.717) is 6.61 Å². The molecule has 0 bridgehead atoms. The minimum absolute atomic E-state index is 0.590. The topological polar surface area (TPSA) is 9.23 Å². The van der Waals surface area contributed by atoms with Crippen LogP contribution >= 0.6 is 0 Å². The van der Waals surface area contributed by atoms with Gasteiger partial charge in [0, 0.05) is 0 Å². The second-order valence-electron chi connectivity index (χ2n) is 7.05. The summed E-state index contributed by atoms with van der Waals surface area (Å²) in [4.78, 5) is 0. The van der Waals surface area contributed by atoms with Crippen molar-refractivity contribution in [2.24, 2.45) is 5.92 Å². The molecule has 0 spiro atoms. The lowest BCUT2D eigenvalue weighted by molar-refractivity contribution is 0.327. The van der Waals surface area contributed by atoms with Gasteiger partial charge >= 0.3 is 0 Å². The van der Waals surface area contributed by atoms with Gasteiger partial charge in [-0.1, -0.05) is 57.2 Å². The number of aryl methyl sites for hydroxylation is 1. The van der Waals surface area contributed by atoms with Gasteiger partial charge in [-0.2, -0.15) is 0 Å². The molecule has 1 aliphatic rings. The molecule has 0 amide bonds. The zero-order valence-corrected chi connectivity index (χ0v) is 15.6. The highest BCUT2D eigenvalue weighted by Crippen LogP contribution is 2.38. The lowest BCUT2D eigenvalue weighted by Crippen LogP contribution is -2.13. The minimum atomic E-state index is 0.590. The molecule has 24 heavy (non-hydrogen) atoms. The van der Waals surface area contributed by atoms with Gasteiger partial charge in [0.15, 0.2) is 0 Å². The molecule has 1 aromatic rings. The number of rotatable bonds is 9. The van der Waals surface area contributed by atoms with Crippen molar-refractivity contribution in [3.05, 3.63) is 54.1 Å². The lowest BCUT2D eigenvalue weighted by atomic mass is 9.77. The Kier molecular flexibility index (Phi) is 8.15. The normalized spacial score (nSPS) is 21.1. The highest BCUT2D eigenvalue weighted by molar-refractivity contribution is 5.39.